The number of aromatic nitrogens is 3. The highest BCUT2D eigenvalue weighted by Crippen LogP contribution is 2.25. The Hall–Kier alpha value is -2.53. The van der Waals surface area contributed by atoms with Crippen LogP contribution < -0.4 is 5.32 Å². The van der Waals surface area contributed by atoms with E-state index in [1.807, 2.05) is 30.3 Å². The normalized spacial score (nSPS) is 18.1. The second kappa shape index (κ2) is 7.79. The molecule has 26 heavy (non-hydrogen) atoms. The number of nitrogens with zero attached hydrogens (tertiary/aromatic N) is 4. The van der Waals surface area contributed by atoms with E-state index >= 15 is 0 Å². The summed E-state index contributed by atoms with van der Waals surface area (Å²) < 4.78 is 0. The van der Waals surface area contributed by atoms with Crippen LogP contribution in [0.1, 0.15) is 19.8 Å². The standard InChI is InChI=1S/C21H25N5/c1-2-26-13-5-6-16(15-26)14-23-21-18-7-3-4-8-19(18)24-20(25-21)17-9-11-22-12-10-17/h3-4,7-12,16H,2,5-6,13-15H2,1H3,(H,23,24,25)/t16-/m1/s1. The van der Waals surface area contributed by atoms with Crippen LogP contribution in [0.4, 0.5) is 5.82 Å². The fourth-order valence-corrected chi connectivity index (χ4v) is 3.69. The van der Waals surface area contributed by atoms with Gasteiger partial charge in [-0.25, -0.2) is 9.97 Å². The van der Waals surface area contributed by atoms with Crippen molar-refractivity contribution >= 4 is 16.7 Å². The van der Waals surface area contributed by atoms with E-state index in [1.165, 1.54) is 25.9 Å². The smallest absolute Gasteiger partial charge is 0.162 e. The molecule has 0 radical (unpaired) electrons. The van der Waals surface area contributed by atoms with Crippen molar-refractivity contribution in [1.82, 2.24) is 19.9 Å². The molecule has 1 aliphatic rings. The summed E-state index contributed by atoms with van der Waals surface area (Å²) in [6, 6.07) is 12.1. The lowest BCUT2D eigenvalue weighted by Gasteiger charge is -2.32. The lowest BCUT2D eigenvalue weighted by molar-refractivity contribution is 0.189. The van der Waals surface area contributed by atoms with Gasteiger partial charge >= 0.3 is 0 Å². The van der Waals surface area contributed by atoms with Crippen molar-refractivity contribution in [3.05, 3.63) is 48.8 Å². The van der Waals surface area contributed by atoms with E-state index in [9.17, 15) is 0 Å². The van der Waals surface area contributed by atoms with Gasteiger partial charge in [-0.3, -0.25) is 4.98 Å². The third kappa shape index (κ3) is 3.68. The second-order valence-electron chi connectivity index (χ2n) is 6.93. The van der Waals surface area contributed by atoms with E-state index in [-0.39, 0.29) is 0 Å². The molecule has 1 N–H and O–H groups in total. The molecule has 1 fully saturated rings. The molecule has 1 aromatic carbocycles. The van der Waals surface area contributed by atoms with Crippen molar-refractivity contribution < 1.29 is 0 Å². The predicted molar refractivity (Wildman–Crippen MR) is 106 cm³/mol. The molecule has 0 bridgehead atoms. The van der Waals surface area contributed by atoms with Crippen LogP contribution in [-0.2, 0) is 0 Å². The monoisotopic (exact) mass is 347 g/mol. The molecule has 2 aromatic heterocycles. The average Bonchev–Trinajstić information content (AvgIpc) is 2.72. The third-order valence-electron chi connectivity index (χ3n) is 5.15. The molecule has 0 unspecified atom stereocenters. The molecule has 0 saturated carbocycles. The first kappa shape index (κ1) is 16.9. The lowest BCUT2D eigenvalue weighted by Crippen LogP contribution is -2.37. The van der Waals surface area contributed by atoms with Gasteiger partial charge in [0.2, 0.25) is 0 Å². The molecule has 4 rings (SSSR count). The number of likely N-dealkylation sites (tertiary alicyclic amines) is 1. The van der Waals surface area contributed by atoms with E-state index in [2.05, 4.69) is 28.2 Å². The van der Waals surface area contributed by atoms with Gasteiger partial charge < -0.3 is 10.2 Å². The van der Waals surface area contributed by atoms with E-state index in [1.54, 1.807) is 12.4 Å². The minimum Gasteiger partial charge on any atom is -0.369 e. The molecule has 5 nitrogen and oxygen atoms in total. The van der Waals surface area contributed by atoms with Crippen LogP contribution in [0, 0.1) is 5.92 Å². The highest BCUT2D eigenvalue weighted by atomic mass is 15.1. The topological polar surface area (TPSA) is 53.9 Å². The average molecular weight is 347 g/mol. The maximum Gasteiger partial charge on any atom is 0.162 e. The summed E-state index contributed by atoms with van der Waals surface area (Å²) in [4.78, 5) is 16.2. The molecular formula is C21H25N5. The molecule has 3 aromatic rings. The Labute approximate surface area is 154 Å². The number of fused-ring (bicyclic) bond motifs is 1. The summed E-state index contributed by atoms with van der Waals surface area (Å²) in [5.74, 6) is 2.34. The van der Waals surface area contributed by atoms with Crippen molar-refractivity contribution in [2.45, 2.75) is 19.8 Å². The number of anilines is 1. The van der Waals surface area contributed by atoms with Crippen LogP contribution in [0.15, 0.2) is 48.8 Å². The number of pyridine rings is 1. The minimum absolute atomic E-state index is 0.668. The van der Waals surface area contributed by atoms with Crippen molar-refractivity contribution in [2.24, 2.45) is 5.92 Å². The van der Waals surface area contributed by atoms with Gasteiger partial charge in [0.1, 0.15) is 5.82 Å². The first-order chi connectivity index (χ1) is 12.8. The quantitative estimate of drug-likeness (QED) is 0.760. The highest BCUT2D eigenvalue weighted by molar-refractivity contribution is 5.90. The number of hydrogen-bond acceptors (Lipinski definition) is 5. The number of hydrogen-bond donors (Lipinski definition) is 1. The molecule has 5 heteroatoms. The second-order valence-corrected chi connectivity index (χ2v) is 6.93. The largest absolute Gasteiger partial charge is 0.369 e. The molecule has 0 spiro atoms. The Morgan fingerprint density at radius 1 is 1.12 bits per heavy atom. The van der Waals surface area contributed by atoms with Gasteiger partial charge in [0.25, 0.3) is 0 Å². The number of benzene rings is 1. The van der Waals surface area contributed by atoms with E-state index in [0.717, 1.165) is 41.2 Å². The molecule has 0 amide bonds. The van der Waals surface area contributed by atoms with Gasteiger partial charge in [0.05, 0.1) is 5.52 Å². The Balaban J connectivity index is 1.61. The van der Waals surface area contributed by atoms with Crippen LogP contribution in [0.5, 0.6) is 0 Å². The summed E-state index contributed by atoms with van der Waals surface area (Å²) >= 11 is 0. The summed E-state index contributed by atoms with van der Waals surface area (Å²) in [7, 11) is 0. The van der Waals surface area contributed by atoms with Crippen LogP contribution >= 0.6 is 0 Å². The first-order valence-corrected chi connectivity index (χ1v) is 9.47. The molecule has 1 atom stereocenters. The SMILES string of the molecule is CCN1CCC[C@H](CNc2nc(-c3ccncc3)nc3ccccc23)C1. The van der Waals surface area contributed by atoms with Gasteiger partial charge in [0, 0.05) is 36.4 Å². The van der Waals surface area contributed by atoms with Crippen LogP contribution in [-0.4, -0.2) is 46.0 Å². The Bertz CT molecular complexity index is 865. The Kier molecular flexibility index (Phi) is 5.07. The summed E-state index contributed by atoms with van der Waals surface area (Å²) in [6.07, 6.45) is 6.13. The van der Waals surface area contributed by atoms with Crippen molar-refractivity contribution in [3.63, 3.8) is 0 Å². The van der Waals surface area contributed by atoms with Crippen LogP contribution in [0.2, 0.25) is 0 Å². The van der Waals surface area contributed by atoms with E-state index in [0.29, 0.717) is 5.92 Å². The van der Waals surface area contributed by atoms with Crippen molar-refractivity contribution in [2.75, 3.05) is 31.5 Å². The zero-order valence-electron chi connectivity index (χ0n) is 15.2. The number of para-hydroxylation sites is 1. The molecule has 1 aliphatic heterocycles. The zero-order valence-corrected chi connectivity index (χ0v) is 15.2. The van der Waals surface area contributed by atoms with Gasteiger partial charge in [-0.05, 0) is 56.1 Å². The molecule has 3 heterocycles. The zero-order chi connectivity index (χ0) is 17.8. The van der Waals surface area contributed by atoms with Crippen LogP contribution in [0.25, 0.3) is 22.3 Å². The Morgan fingerprint density at radius 2 is 1.96 bits per heavy atom. The Morgan fingerprint density at radius 3 is 2.81 bits per heavy atom. The molecular weight excluding hydrogens is 322 g/mol. The minimum atomic E-state index is 0.668. The van der Waals surface area contributed by atoms with Gasteiger partial charge in [0.15, 0.2) is 5.82 Å². The van der Waals surface area contributed by atoms with Gasteiger partial charge in [-0.15, -0.1) is 0 Å². The predicted octanol–water partition coefficient (Wildman–Crippen LogP) is 3.84. The maximum absolute atomic E-state index is 4.83. The van der Waals surface area contributed by atoms with E-state index < -0.39 is 0 Å². The summed E-state index contributed by atoms with van der Waals surface area (Å²) in [5, 5.41) is 4.70. The first-order valence-electron chi connectivity index (χ1n) is 9.47. The van der Waals surface area contributed by atoms with Gasteiger partial charge in [-0.2, -0.15) is 0 Å². The molecule has 0 aliphatic carbocycles. The summed E-state index contributed by atoms with van der Waals surface area (Å²) in [5.41, 5.74) is 1.96. The van der Waals surface area contributed by atoms with Crippen LogP contribution in [0.3, 0.4) is 0 Å². The van der Waals surface area contributed by atoms with Crippen molar-refractivity contribution in [1.29, 1.82) is 0 Å². The summed E-state index contributed by atoms with van der Waals surface area (Å²) in [6.45, 7) is 6.74. The number of piperidine rings is 1. The molecule has 134 valence electrons. The highest BCUT2D eigenvalue weighted by Gasteiger charge is 2.19. The fourth-order valence-electron chi connectivity index (χ4n) is 3.69. The number of rotatable bonds is 5. The van der Waals surface area contributed by atoms with Crippen molar-refractivity contribution in [3.8, 4) is 11.4 Å². The lowest BCUT2D eigenvalue weighted by atomic mass is 9.98. The number of nitrogens with one attached hydrogen (secondary N) is 1. The molecule has 1 saturated heterocycles. The maximum atomic E-state index is 4.83. The fraction of sp³-hybridized carbons (Fsp3) is 0.381. The van der Waals surface area contributed by atoms with Gasteiger partial charge in [-0.1, -0.05) is 19.1 Å². The van der Waals surface area contributed by atoms with E-state index in [4.69, 9.17) is 9.97 Å². The third-order valence-corrected chi connectivity index (χ3v) is 5.15.